The number of morpholine rings is 1. The van der Waals surface area contributed by atoms with Crippen molar-refractivity contribution in [2.75, 3.05) is 31.7 Å². The minimum atomic E-state index is -0.553. The van der Waals surface area contributed by atoms with Crippen LogP contribution in [-0.2, 0) is 23.1 Å². The Morgan fingerprint density at radius 3 is 2.83 bits per heavy atom. The number of ether oxygens (including phenoxy) is 2. The topological polar surface area (TPSA) is 86.8 Å². The van der Waals surface area contributed by atoms with Crippen LogP contribution in [0.5, 0.6) is 0 Å². The second-order valence-corrected chi connectivity index (χ2v) is 8.88. The molecule has 1 aromatic carbocycles. The average Bonchev–Trinajstić information content (AvgIpc) is 3.29. The molecular weight excluding hydrogens is 475 g/mol. The van der Waals surface area contributed by atoms with E-state index in [1.54, 1.807) is 36.1 Å². The molecule has 0 amide bonds. The maximum Gasteiger partial charge on any atom is 0.261 e. The Kier molecular flexibility index (Phi) is 6.26. The molecule has 0 unspecified atom stereocenters. The van der Waals surface area contributed by atoms with Crippen LogP contribution in [0.1, 0.15) is 22.9 Å². The molecule has 1 saturated heterocycles. The van der Waals surface area contributed by atoms with Crippen molar-refractivity contribution in [3.63, 3.8) is 0 Å². The highest BCUT2D eigenvalue weighted by Crippen LogP contribution is 2.31. The molecule has 0 spiro atoms. The normalized spacial score (nSPS) is 16.3. The summed E-state index contributed by atoms with van der Waals surface area (Å²) in [4.78, 5) is 24.8. The molecule has 1 fully saturated rings. The molecule has 1 aliphatic heterocycles. The Morgan fingerprint density at radius 2 is 2.11 bits per heavy atom. The zero-order chi connectivity index (χ0) is 24.7. The van der Waals surface area contributed by atoms with Crippen molar-refractivity contribution in [3.8, 4) is 11.3 Å². The lowest BCUT2D eigenvalue weighted by Gasteiger charge is -2.33. The first-order valence-electron chi connectivity index (χ1n) is 11.1. The Hall–Kier alpha value is -3.34. The molecule has 3 aromatic heterocycles. The summed E-state index contributed by atoms with van der Waals surface area (Å²) in [5.74, 6) is -0.0378. The largest absolute Gasteiger partial charge is 0.378 e. The zero-order valence-electron chi connectivity index (χ0n) is 19.5. The Morgan fingerprint density at radius 1 is 1.29 bits per heavy atom. The van der Waals surface area contributed by atoms with Crippen LogP contribution in [0.25, 0.3) is 16.9 Å². The van der Waals surface area contributed by atoms with E-state index in [-0.39, 0.29) is 40.2 Å². The first kappa shape index (κ1) is 23.4. The van der Waals surface area contributed by atoms with Crippen LogP contribution < -0.4 is 10.5 Å². The van der Waals surface area contributed by atoms with E-state index in [4.69, 9.17) is 26.1 Å². The second kappa shape index (κ2) is 9.37. The van der Waals surface area contributed by atoms with Gasteiger partial charge in [-0.3, -0.25) is 13.9 Å². The number of rotatable bonds is 5. The van der Waals surface area contributed by atoms with Crippen LogP contribution in [0.2, 0.25) is 5.02 Å². The van der Waals surface area contributed by atoms with Crippen LogP contribution >= 0.6 is 11.6 Å². The average molecular weight is 499 g/mol. The fourth-order valence-electron chi connectivity index (χ4n) is 4.22. The van der Waals surface area contributed by atoms with Gasteiger partial charge in [0.1, 0.15) is 23.4 Å². The van der Waals surface area contributed by atoms with Crippen LogP contribution in [0, 0.1) is 12.7 Å². The van der Waals surface area contributed by atoms with Gasteiger partial charge in [-0.15, -0.1) is 0 Å². The molecule has 1 atom stereocenters. The van der Waals surface area contributed by atoms with Gasteiger partial charge in [0.25, 0.3) is 5.56 Å². The van der Waals surface area contributed by atoms with Gasteiger partial charge in [-0.05, 0) is 25.1 Å². The minimum absolute atomic E-state index is 0.151. The summed E-state index contributed by atoms with van der Waals surface area (Å²) in [5, 5.41) is 4.50. The van der Waals surface area contributed by atoms with Crippen molar-refractivity contribution in [2.24, 2.45) is 7.05 Å². The second-order valence-electron chi connectivity index (χ2n) is 8.44. The van der Waals surface area contributed by atoms with Crippen LogP contribution in [0.3, 0.4) is 0 Å². The van der Waals surface area contributed by atoms with Crippen molar-refractivity contribution in [2.45, 2.75) is 19.6 Å². The third-order valence-corrected chi connectivity index (χ3v) is 6.31. The number of benzene rings is 1. The standard InChI is InChI=1S/C24H24ClFN6O3/c1-14-19(13-34-3)28-23-22(17-5-4-16(25)8-18(17)26)29-21(12-32(23)24(14)33)31-6-7-35-20(11-31)15-9-27-30(2)10-15/h4-5,8-10,12,20H,6-7,11,13H2,1-3H3/t20-/m1/s1. The molecule has 0 N–H and O–H groups in total. The van der Waals surface area contributed by atoms with Crippen molar-refractivity contribution < 1.29 is 13.9 Å². The number of aryl methyl sites for hydroxylation is 1. The van der Waals surface area contributed by atoms with Gasteiger partial charge < -0.3 is 14.4 Å². The number of hydrogen-bond acceptors (Lipinski definition) is 7. The lowest BCUT2D eigenvalue weighted by molar-refractivity contribution is 0.0394. The summed E-state index contributed by atoms with van der Waals surface area (Å²) in [7, 11) is 3.38. The zero-order valence-corrected chi connectivity index (χ0v) is 20.3. The van der Waals surface area contributed by atoms with E-state index in [9.17, 15) is 4.79 Å². The van der Waals surface area contributed by atoms with Crippen LogP contribution in [0.4, 0.5) is 10.2 Å². The van der Waals surface area contributed by atoms with Crippen molar-refractivity contribution in [1.29, 1.82) is 0 Å². The lowest BCUT2D eigenvalue weighted by Crippen LogP contribution is -2.39. The number of aromatic nitrogens is 5. The van der Waals surface area contributed by atoms with E-state index >= 15 is 4.39 Å². The van der Waals surface area contributed by atoms with Crippen molar-refractivity contribution in [3.05, 3.63) is 74.8 Å². The molecule has 9 nitrogen and oxygen atoms in total. The SMILES string of the molecule is COCc1nc2c(-c3ccc(Cl)cc3F)nc(N3CCO[C@@H](c4cnn(C)c4)C3)cn2c(=O)c1C. The molecule has 11 heteroatoms. The third-order valence-electron chi connectivity index (χ3n) is 6.08. The molecule has 0 saturated carbocycles. The summed E-state index contributed by atoms with van der Waals surface area (Å²) in [6.45, 7) is 3.36. The number of anilines is 1. The van der Waals surface area contributed by atoms with Gasteiger partial charge in [-0.2, -0.15) is 5.10 Å². The van der Waals surface area contributed by atoms with E-state index in [0.29, 0.717) is 36.8 Å². The van der Waals surface area contributed by atoms with E-state index in [1.807, 2.05) is 18.1 Å². The van der Waals surface area contributed by atoms with Gasteiger partial charge in [-0.1, -0.05) is 11.6 Å². The first-order valence-corrected chi connectivity index (χ1v) is 11.5. The summed E-state index contributed by atoms with van der Waals surface area (Å²) >= 11 is 5.99. The quantitative estimate of drug-likeness (QED) is 0.417. The highest BCUT2D eigenvalue weighted by atomic mass is 35.5. The molecule has 0 aliphatic carbocycles. The minimum Gasteiger partial charge on any atom is -0.378 e. The molecule has 182 valence electrons. The predicted molar refractivity (Wildman–Crippen MR) is 129 cm³/mol. The van der Waals surface area contributed by atoms with Gasteiger partial charge in [0.15, 0.2) is 5.65 Å². The van der Waals surface area contributed by atoms with Gasteiger partial charge >= 0.3 is 0 Å². The number of hydrogen-bond donors (Lipinski definition) is 0. The Balaban J connectivity index is 1.68. The summed E-state index contributed by atoms with van der Waals surface area (Å²) < 4.78 is 29.4. The maximum atomic E-state index is 15.0. The summed E-state index contributed by atoms with van der Waals surface area (Å²) in [6, 6.07) is 4.35. The number of fused-ring (bicyclic) bond motifs is 1. The van der Waals surface area contributed by atoms with E-state index < -0.39 is 5.82 Å². The first-order chi connectivity index (χ1) is 16.9. The number of halogens is 2. The molecule has 4 aromatic rings. The van der Waals surface area contributed by atoms with Crippen LogP contribution in [-0.4, -0.2) is 51.0 Å². The molecule has 5 rings (SSSR count). The van der Waals surface area contributed by atoms with Crippen molar-refractivity contribution in [1.82, 2.24) is 24.1 Å². The third kappa shape index (κ3) is 4.40. The van der Waals surface area contributed by atoms with Gasteiger partial charge in [-0.25, -0.2) is 14.4 Å². The molecule has 35 heavy (non-hydrogen) atoms. The highest BCUT2D eigenvalue weighted by Gasteiger charge is 2.26. The fraction of sp³-hybridized carbons (Fsp3) is 0.333. The van der Waals surface area contributed by atoms with Gasteiger partial charge in [0.2, 0.25) is 0 Å². The number of methoxy groups -OCH3 is 1. The van der Waals surface area contributed by atoms with Gasteiger partial charge in [0, 0.05) is 48.6 Å². The van der Waals surface area contributed by atoms with Crippen molar-refractivity contribution >= 4 is 23.1 Å². The summed E-state index contributed by atoms with van der Waals surface area (Å²) in [5.41, 5.74) is 2.30. The van der Waals surface area contributed by atoms with E-state index in [2.05, 4.69) is 10.1 Å². The Labute approximate surface area is 205 Å². The van der Waals surface area contributed by atoms with Crippen LogP contribution in [0.15, 0.2) is 41.6 Å². The monoisotopic (exact) mass is 498 g/mol. The molecular formula is C24H24ClFN6O3. The Bertz CT molecular complexity index is 1470. The van der Waals surface area contributed by atoms with E-state index in [0.717, 1.165) is 5.56 Å². The molecule has 0 radical (unpaired) electrons. The molecule has 1 aliphatic rings. The lowest BCUT2D eigenvalue weighted by atomic mass is 10.1. The van der Waals surface area contributed by atoms with Gasteiger partial charge in [0.05, 0.1) is 37.8 Å². The number of nitrogens with zero attached hydrogens (tertiary/aromatic N) is 6. The maximum absolute atomic E-state index is 15.0. The smallest absolute Gasteiger partial charge is 0.261 e. The fourth-order valence-corrected chi connectivity index (χ4v) is 4.38. The predicted octanol–water partition coefficient (Wildman–Crippen LogP) is 3.32. The highest BCUT2D eigenvalue weighted by molar-refractivity contribution is 6.30. The molecule has 0 bridgehead atoms. The van der Waals surface area contributed by atoms with E-state index in [1.165, 1.54) is 17.6 Å². The molecule has 4 heterocycles. The summed E-state index contributed by atoms with van der Waals surface area (Å²) in [6.07, 6.45) is 5.11.